The van der Waals surface area contributed by atoms with Crippen molar-refractivity contribution in [1.82, 2.24) is 5.32 Å². The third-order valence-electron chi connectivity index (χ3n) is 3.72. The van der Waals surface area contributed by atoms with Gasteiger partial charge in [-0.2, -0.15) is 14.0 Å². The highest BCUT2D eigenvalue weighted by Crippen LogP contribution is 2.35. The molecule has 0 saturated carbocycles. The van der Waals surface area contributed by atoms with Gasteiger partial charge in [-0.15, -0.1) is 0 Å². The van der Waals surface area contributed by atoms with Gasteiger partial charge in [0.2, 0.25) is 0 Å². The summed E-state index contributed by atoms with van der Waals surface area (Å²) in [5.74, 6) is -1.22. The molecule has 2 unspecified atom stereocenters. The molecule has 1 aliphatic carbocycles. The number of Topliss-reactive ketones (excluding diaryl/α,β-unsaturated/α-hetero) is 1. The van der Waals surface area contributed by atoms with Crippen LogP contribution < -0.4 is 5.32 Å². The fourth-order valence-electron chi connectivity index (χ4n) is 2.74. The minimum Gasteiger partial charge on any atom is -0.372 e. The zero-order valence-corrected chi connectivity index (χ0v) is 12.2. The fraction of sp³-hybridized carbons (Fsp3) is 0.176. The van der Waals surface area contributed by atoms with Gasteiger partial charge in [0.1, 0.15) is 18.0 Å². The van der Waals surface area contributed by atoms with Gasteiger partial charge in [-0.3, -0.25) is 4.79 Å². The summed E-state index contributed by atoms with van der Waals surface area (Å²) in [5.41, 5.74) is 1.08. The number of ketones is 1. The molecule has 2 aliphatic rings. The maximum absolute atomic E-state index is 13.6. The monoisotopic (exact) mass is 332 g/mol. The van der Waals surface area contributed by atoms with E-state index in [0.717, 1.165) is 0 Å². The lowest BCUT2D eigenvalue weighted by Crippen LogP contribution is -2.36. The number of fused-ring (bicyclic) bond motifs is 1. The average Bonchev–Trinajstić information content (AvgIpc) is 2.56. The fourth-order valence-corrected chi connectivity index (χ4v) is 2.74. The Morgan fingerprint density at radius 3 is 2.79 bits per heavy atom. The van der Waals surface area contributed by atoms with Crippen molar-refractivity contribution in [3.8, 4) is 6.07 Å². The highest BCUT2D eigenvalue weighted by atomic mass is 19.3. The Morgan fingerprint density at radius 1 is 1.33 bits per heavy atom. The Balaban J connectivity index is 2.17. The van der Waals surface area contributed by atoms with Gasteiger partial charge in [0.15, 0.2) is 5.78 Å². The van der Waals surface area contributed by atoms with Crippen LogP contribution >= 0.6 is 0 Å². The quantitative estimate of drug-likeness (QED) is 0.924. The number of alkyl halides is 2. The molecule has 1 aromatic rings. The van der Waals surface area contributed by atoms with Crippen LogP contribution in [-0.2, 0) is 9.53 Å². The van der Waals surface area contributed by atoms with Gasteiger partial charge in [0.25, 0.3) is 0 Å². The molecule has 0 radical (unpaired) electrons. The van der Waals surface area contributed by atoms with Crippen molar-refractivity contribution in [2.45, 2.75) is 18.8 Å². The summed E-state index contributed by atoms with van der Waals surface area (Å²) in [5, 5.41) is 12.1. The van der Waals surface area contributed by atoms with Crippen molar-refractivity contribution in [1.29, 1.82) is 5.26 Å². The van der Waals surface area contributed by atoms with Crippen LogP contribution in [0.4, 0.5) is 13.2 Å². The smallest absolute Gasteiger partial charge is 0.346 e. The zero-order valence-electron chi connectivity index (χ0n) is 12.2. The van der Waals surface area contributed by atoms with E-state index in [0.29, 0.717) is 11.1 Å². The van der Waals surface area contributed by atoms with E-state index in [2.05, 4.69) is 10.1 Å². The summed E-state index contributed by atoms with van der Waals surface area (Å²) >= 11 is 0. The van der Waals surface area contributed by atoms with E-state index < -0.39 is 30.4 Å². The third kappa shape index (κ3) is 2.84. The van der Waals surface area contributed by atoms with Gasteiger partial charge < -0.3 is 10.1 Å². The van der Waals surface area contributed by atoms with Gasteiger partial charge in [0.05, 0.1) is 6.07 Å². The standard InChI is InChI=1S/C17H11F3N2O2/c18-11-3-1-2-9(6-11)14-12(7-21)22-8-10-4-5-13(24-17(19)20)16(23)15(10)14/h1-6,8,12-13,17,22H. The maximum Gasteiger partial charge on any atom is 0.346 e. The molecule has 1 aliphatic heterocycles. The number of halogens is 3. The Bertz CT molecular complexity index is 821. The second kappa shape index (κ2) is 6.34. The minimum absolute atomic E-state index is 0.0825. The van der Waals surface area contributed by atoms with Crippen LogP contribution in [0.2, 0.25) is 0 Å². The van der Waals surface area contributed by atoms with Crippen molar-refractivity contribution < 1.29 is 22.7 Å². The van der Waals surface area contributed by atoms with Crippen LogP contribution in [0.3, 0.4) is 0 Å². The number of nitrogens with one attached hydrogen (secondary N) is 1. The van der Waals surface area contributed by atoms with Gasteiger partial charge in [-0.25, -0.2) is 4.39 Å². The van der Waals surface area contributed by atoms with Crippen LogP contribution in [-0.4, -0.2) is 24.5 Å². The number of nitrogens with zero attached hydrogens (tertiary/aromatic N) is 1. The van der Waals surface area contributed by atoms with E-state index in [1.165, 1.54) is 36.6 Å². The van der Waals surface area contributed by atoms with Crippen LogP contribution in [0, 0.1) is 17.1 Å². The summed E-state index contributed by atoms with van der Waals surface area (Å²) in [4.78, 5) is 12.6. The predicted molar refractivity (Wildman–Crippen MR) is 79.0 cm³/mol. The number of nitriles is 1. The second-order valence-electron chi connectivity index (χ2n) is 5.17. The Hall–Kier alpha value is -2.85. The molecular weight excluding hydrogens is 321 g/mol. The summed E-state index contributed by atoms with van der Waals surface area (Å²) < 4.78 is 42.8. The first kappa shape index (κ1) is 16.0. The van der Waals surface area contributed by atoms with E-state index >= 15 is 0 Å². The van der Waals surface area contributed by atoms with Crippen LogP contribution in [0.25, 0.3) is 5.57 Å². The number of benzene rings is 1. The van der Waals surface area contributed by atoms with Crippen LogP contribution in [0.15, 0.2) is 53.8 Å². The van der Waals surface area contributed by atoms with Crippen LogP contribution in [0.1, 0.15) is 5.56 Å². The van der Waals surface area contributed by atoms with Crippen molar-refractivity contribution in [2.24, 2.45) is 0 Å². The molecule has 0 amide bonds. The second-order valence-corrected chi connectivity index (χ2v) is 5.17. The first-order valence-electron chi connectivity index (χ1n) is 7.03. The molecule has 7 heteroatoms. The topological polar surface area (TPSA) is 62.1 Å². The first-order valence-corrected chi connectivity index (χ1v) is 7.03. The van der Waals surface area contributed by atoms with Gasteiger partial charge in [0, 0.05) is 22.9 Å². The Labute approximate surface area is 135 Å². The maximum atomic E-state index is 13.6. The molecule has 1 N–H and O–H groups in total. The minimum atomic E-state index is -3.11. The van der Waals surface area contributed by atoms with E-state index in [1.807, 2.05) is 6.07 Å². The number of ether oxygens (including phenoxy) is 1. The van der Waals surface area contributed by atoms with Crippen molar-refractivity contribution in [3.05, 3.63) is 65.1 Å². The summed E-state index contributed by atoms with van der Waals surface area (Å²) in [6.45, 7) is -3.11. The van der Waals surface area contributed by atoms with E-state index in [4.69, 9.17) is 0 Å². The molecule has 0 bridgehead atoms. The summed E-state index contributed by atoms with van der Waals surface area (Å²) in [6.07, 6.45) is 2.70. The van der Waals surface area contributed by atoms with E-state index in [-0.39, 0.29) is 11.1 Å². The highest BCUT2D eigenvalue weighted by Gasteiger charge is 2.35. The number of hydrogen-bond acceptors (Lipinski definition) is 4. The molecule has 1 aromatic carbocycles. The number of hydrogen-bond donors (Lipinski definition) is 1. The van der Waals surface area contributed by atoms with E-state index in [9.17, 15) is 23.2 Å². The molecular formula is C17H11F3N2O2. The number of rotatable bonds is 3. The zero-order chi connectivity index (χ0) is 17.3. The lowest BCUT2D eigenvalue weighted by molar-refractivity contribution is -0.162. The molecule has 122 valence electrons. The molecule has 0 saturated heterocycles. The van der Waals surface area contributed by atoms with Crippen molar-refractivity contribution in [3.63, 3.8) is 0 Å². The lowest BCUT2D eigenvalue weighted by Gasteiger charge is -2.29. The normalized spacial score (nSPS) is 22.8. The van der Waals surface area contributed by atoms with Crippen molar-refractivity contribution >= 4 is 11.4 Å². The molecule has 0 spiro atoms. The molecule has 3 rings (SSSR count). The number of carbonyl (C=O) groups excluding carboxylic acids is 1. The first-order chi connectivity index (χ1) is 11.5. The number of allylic oxidation sites excluding steroid dienone is 2. The summed E-state index contributed by atoms with van der Waals surface area (Å²) in [6, 6.07) is 6.48. The Kier molecular flexibility index (Phi) is 4.23. The van der Waals surface area contributed by atoms with E-state index in [1.54, 1.807) is 6.07 Å². The Morgan fingerprint density at radius 2 is 2.12 bits per heavy atom. The van der Waals surface area contributed by atoms with Gasteiger partial charge in [-0.05, 0) is 23.8 Å². The lowest BCUT2D eigenvalue weighted by atomic mass is 9.81. The molecule has 0 fully saturated rings. The van der Waals surface area contributed by atoms with Gasteiger partial charge in [-0.1, -0.05) is 18.2 Å². The molecule has 24 heavy (non-hydrogen) atoms. The number of dihydropyridines is 1. The molecule has 1 heterocycles. The molecule has 2 atom stereocenters. The summed E-state index contributed by atoms with van der Waals surface area (Å²) in [7, 11) is 0. The largest absolute Gasteiger partial charge is 0.372 e. The molecule has 0 aromatic heterocycles. The predicted octanol–water partition coefficient (Wildman–Crippen LogP) is 2.71. The molecule has 4 nitrogen and oxygen atoms in total. The average molecular weight is 332 g/mol. The highest BCUT2D eigenvalue weighted by molar-refractivity contribution is 6.13. The third-order valence-corrected chi connectivity index (χ3v) is 3.72. The number of carbonyl (C=O) groups is 1. The van der Waals surface area contributed by atoms with Gasteiger partial charge >= 0.3 is 6.61 Å². The SMILES string of the molecule is N#CC1NC=C2C=CC(OC(F)F)C(=O)C2=C1c1cccc(F)c1. The van der Waals surface area contributed by atoms with Crippen LogP contribution in [0.5, 0.6) is 0 Å². The van der Waals surface area contributed by atoms with Crippen molar-refractivity contribution in [2.75, 3.05) is 0 Å².